The van der Waals surface area contributed by atoms with Crippen molar-refractivity contribution in [3.8, 4) is 0 Å². The summed E-state index contributed by atoms with van der Waals surface area (Å²) in [7, 11) is 0. The monoisotopic (exact) mass is 265 g/mol. The number of hydrogen-bond donors (Lipinski definition) is 1. The molecule has 1 aromatic rings. The molecule has 1 aliphatic rings. The largest absolute Gasteiger partial charge is 0.481 e. The molecule has 0 aromatic heterocycles. The summed E-state index contributed by atoms with van der Waals surface area (Å²) in [6.07, 6.45) is 1.32. The molecule has 0 bridgehead atoms. The molecule has 1 fully saturated rings. The van der Waals surface area contributed by atoms with Crippen LogP contribution in [0.25, 0.3) is 0 Å². The fourth-order valence-corrected chi connectivity index (χ4v) is 2.25. The van der Waals surface area contributed by atoms with Crippen LogP contribution < -0.4 is 0 Å². The highest BCUT2D eigenvalue weighted by Crippen LogP contribution is 2.18. The average Bonchev–Trinajstić information content (AvgIpc) is 2.39. The van der Waals surface area contributed by atoms with Crippen LogP contribution in [0.5, 0.6) is 0 Å². The predicted octanol–water partition coefficient (Wildman–Crippen LogP) is 1.69. The van der Waals surface area contributed by atoms with Crippen molar-refractivity contribution in [1.82, 2.24) is 4.90 Å². The van der Waals surface area contributed by atoms with Crippen LogP contribution in [-0.4, -0.2) is 35.0 Å². The molecule has 0 spiro atoms. The summed E-state index contributed by atoms with van der Waals surface area (Å²) in [6, 6.07) is 6.12. The number of amides is 1. The third-order valence-electron chi connectivity index (χ3n) is 3.43. The minimum absolute atomic E-state index is 0.000360. The average molecular weight is 265 g/mol. The van der Waals surface area contributed by atoms with E-state index in [0.29, 0.717) is 25.8 Å². The molecule has 1 N–H and O–H groups in total. The van der Waals surface area contributed by atoms with E-state index in [4.69, 9.17) is 5.11 Å². The van der Waals surface area contributed by atoms with Crippen LogP contribution in [0.3, 0.4) is 0 Å². The van der Waals surface area contributed by atoms with Gasteiger partial charge >= 0.3 is 5.97 Å². The number of carbonyl (C=O) groups excluding carboxylic acids is 1. The van der Waals surface area contributed by atoms with Gasteiger partial charge < -0.3 is 10.0 Å². The van der Waals surface area contributed by atoms with Gasteiger partial charge in [0, 0.05) is 19.5 Å². The maximum absolute atomic E-state index is 12.8. The Labute approximate surface area is 110 Å². The summed E-state index contributed by atoms with van der Waals surface area (Å²) in [5.41, 5.74) is 0.937. The summed E-state index contributed by atoms with van der Waals surface area (Å²) in [5, 5.41) is 8.98. The molecule has 1 atom stereocenters. The topological polar surface area (TPSA) is 57.6 Å². The first kappa shape index (κ1) is 13.5. The fraction of sp³-hybridized carbons (Fsp3) is 0.429. The zero-order chi connectivity index (χ0) is 13.8. The standard InChI is InChI=1S/C14H16FNO3/c15-12-4-1-10(2-5-12)7-8-16-9-11(14(18)19)3-6-13(16)17/h1-2,4-5,11H,3,6-9H2,(H,18,19). The summed E-state index contributed by atoms with van der Waals surface area (Å²) >= 11 is 0. The van der Waals surface area contributed by atoms with Gasteiger partial charge in [-0.3, -0.25) is 9.59 Å². The number of likely N-dealkylation sites (tertiary alicyclic amines) is 1. The van der Waals surface area contributed by atoms with Gasteiger partial charge in [0.1, 0.15) is 5.82 Å². The van der Waals surface area contributed by atoms with Gasteiger partial charge in [-0.25, -0.2) is 4.39 Å². The molecule has 19 heavy (non-hydrogen) atoms. The second kappa shape index (κ2) is 5.82. The van der Waals surface area contributed by atoms with E-state index in [-0.39, 0.29) is 18.3 Å². The molecular formula is C14H16FNO3. The molecule has 102 valence electrons. The van der Waals surface area contributed by atoms with Crippen LogP contribution in [0, 0.1) is 11.7 Å². The molecule has 1 amide bonds. The number of carboxylic acids is 1. The molecule has 0 aliphatic carbocycles. The van der Waals surface area contributed by atoms with Crippen molar-refractivity contribution in [3.05, 3.63) is 35.6 Å². The van der Waals surface area contributed by atoms with E-state index in [1.54, 1.807) is 17.0 Å². The Morgan fingerprint density at radius 2 is 2.05 bits per heavy atom. The lowest BCUT2D eigenvalue weighted by molar-refractivity contribution is -0.147. The summed E-state index contributed by atoms with van der Waals surface area (Å²) < 4.78 is 12.8. The number of benzene rings is 1. The van der Waals surface area contributed by atoms with Crippen LogP contribution in [0.4, 0.5) is 4.39 Å². The first-order valence-corrected chi connectivity index (χ1v) is 6.31. The van der Waals surface area contributed by atoms with E-state index >= 15 is 0 Å². The Morgan fingerprint density at radius 3 is 2.68 bits per heavy atom. The summed E-state index contributed by atoms with van der Waals surface area (Å²) in [6.45, 7) is 0.754. The number of hydrogen-bond acceptors (Lipinski definition) is 2. The summed E-state index contributed by atoms with van der Waals surface area (Å²) in [5.74, 6) is -1.60. The minimum atomic E-state index is -0.848. The third kappa shape index (κ3) is 3.53. The number of carboxylic acid groups (broad SMARTS) is 1. The molecule has 2 rings (SSSR count). The van der Waals surface area contributed by atoms with Crippen molar-refractivity contribution in [1.29, 1.82) is 0 Å². The molecule has 1 heterocycles. The Balaban J connectivity index is 1.92. The lowest BCUT2D eigenvalue weighted by Gasteiger charge is -2.30. The second-order valence-corrected chi connectivity index (χ2v) is 4.79. The van der Waals surface area contributed by atoms with E-state index < -0.39 is 11.9 Å². The zero-order valence-electron chi connectivity index (χ0n) is 10.5. The van der Waals surface area contributed by atoms with Gasteiger partial charge in [-0.05, 0) is 30.5 Å². The highest BCUT2D eigenvalue weighted by molar-refractivity contribution is 5.80. The van der Waals surface area contributed by atoms with Crippen molar-refractivity contribution in [2.45, 2.75) is 19.3 Å². The number of rotatable bonds is 4. The van der Waals surface area contributed by atoms with Gasteiger partial charge in [-0.15, -0.1) is 0 Å². The Morgan fingerprint density at radius 1 is 1.37 bits per heavy atom. The number of halogens is 1. The molecule has 1 aliphatic heterocycles. The maximum Gasteiger partial charge on any atom is 0.308 e. The lowest BCUT2D eigenvalue weighted by atomic mass is 9.97. The summed E-state index contributed by atoms with van der Waals surface area (Å²) in [4.78, 5) is 24.2. The van der Waals surface area contributed by atoms with E-state index in [1.807, 2.05) is 0 Å². The smallest absolute Gasteiger partial charge is 0.308 e. The molecule has 1 unspecified atom stereocenters. The number of piperidine rings is 1. The quantitative estimate of drug-likeness (QED) is 0.901. The van der Waals surface area contributed by atoms with Gasteiger partial charge in [0.25, 0.3) is 0 Å². The van der Waals surface area contributed by atoms with E-state index in [2.05, 4.69) is 0 Å². The van der Waals surface area contributed by atoms with Crippen molar-refractivity contribution < 1.29 is 19.1 Å². The Bertz CT molecular complexity index is 472. The molecule has 5 heteroatoms. The first-order valence-electron chi connectivity index (χ1n) is 6.31. The van der Waals surface area contributed by atoms with Gasteiger partial charge in [0.2, 0.25) is 5.91 Å². The molecule has 1 aromatic carbocycles. The zero-order valence-corrected chi connectivity index (χ0v) is 10.5. The predicted molar refractivity (Wildman–Crippen MR) is 67.0 cm³/mol. The van der Waals surface area contributed by atoms with E-state index in [1.165, 1.54) is 12.1 Å². The van der Waals surface area contributed by atoms with Crippen LogP contribution in [-0.2, 0) is 16.0 Å². The molecule has 1 saturated heterocycles. The maximum atomic E-state index is 12.8. The molecule has 4 nitrogen and oxygen atoms in total. The third-order valence-corrected chi connectivity index (χ3v) is 3.43. The van der Waals surface area contributed by atoms with Gasteiger partial charge in [-0.2, -0.15) is 0 Å². The minimum Gasteiger partial charge on any atom is -0.481 e. The van der Waals surface area contributed by atoms with Crippen LogP contribution in [0.2, 0.25) is 0 Å². The molecular weight excluding hydrogens is 249 g/mol. The van der Waals surface area contributed by atoms with Crippen molar-refractivity contribution in [2.24, 2.45) is 5.92 Å². The van der Waals surface area contributed by atoms with Gasteiger partial charge in [-0.1, -0.05) is 12.1 Å². The number of nitrogens with zero attached hydrogens (tertiary/aromatic N) is 1. The van der Waals surface area contributed by atoms with Crippen molar-refractivity contribution in [3.63, 3.8) is 0 Å². The molecule has 0 saturated carbocycles. The number of carbonyl (C=O) groups is 2. The first-order chi connectivity index (χ1) is 9.06. The Kier molecular flexibility index (Phi) is 4.14. The van der Waals surface area contributed by atoms with E-state index in [9.17, 15) is 14.0 Å². The normalized spacial score (nSPS) is 19.5. The highest BCUT2D eigenvalue weighted by Gasteiger charge is 2.29. The number of aliphatic carboxylic acids is 1. The molecule has 0 radical (unpaired) electrons. The second-order valence-electron chi connectivity index (χ2n) is 4.79. The van der Waals surface area contributed by atoms with Gasteiger partial charge in [0.05, 0.1) is 5.92 Å². The van der Waals surface area contributed by atoms with Crippen molar-refractivity contribution in [2.75, 3.05) is 13.1 Å². The van der Waals surface area contributed by atoms with Crippen LogP contribution in [0.1, 0.15) is 18.4 Å². The van der Waals surface area contributed by atoms with E-state index in [0.717, 1.165) is 5.56 Å². The fourth-order valence-electron chi connectivity index (χ4n) is 2.25. The highest BCUT2D eigenvalue weighted by atomic mass is 19.1. The van der Waals surface area contributed by atoms with Crippen molar-refractivity contribution >= 4 is 11.9 Å². The van der Waals surface area contributed by atoms with Gasteiger partial charge in [0.15, 0.2) is 0 Å². The van der Waals surface area contributed by atoms with Crippen LogP contribution >= 0.6 is 0 Å². The van der Waals surface area contributed by atoms with Crippen LogP contribution in [0.15, 0.2) is 24.3 Å². The Hall–Kier alpha value is -1.91. The SMILES string of the molecule is O=C(O)C1CCC(=O)N(CCc2ccc(F)cc2)C1. The lowest BCUT2D eigenvalue weighted by Crippen LogP contribution is -2.43.